The van der Waals surface area contributed by atoms with Crippen molar-refractivity contribution < 1.29 is 68.3 Å². The fourth-order valence-electron chi connectivity index (χ4n) is 9.60. The highest BCUT2D eigenvalue weighted by Crippen LogP contribution is 2.28. The molecule has 1 aliphatic carbocycles. The number of nitrogens with zero attached hydrogens (tertiary/aromatic N) is 2. The summed E-state index contributed by atoms with van der Waals surface area (Å²) in [5, 5.41) is 55.5. The van der Waals surface area contributed by atoms with Crippen LogP contribution in [0.25, 0.3) is 0 Å². The van der Waals surface area contributed by atoms with Crippen molar-refractivity contribution in [3.8, 4) is 5.75 Å². The number of esters is 1. The molecular weight excluding hydrogens is 985 g/mol. The molecule has 2 bridgehead atoms. The quantitative estimate of drug-likeness (QED) is 0.0744. The van der Waals surface area contributed by atoms with Gasteiger partial charge in [-0.3, -0.25) is 38.4 Å². The number of phenolic OH excluding ortho intramolecular Hbond substituents is 1. The fourth-order valence-corrected chi connectivity index (χ4v) is 9.60. The van der Waals surface area contributed by atoms with Crippen LogP contribution in [0.15, 0.2) is 66.7 Å². The molecule has 2 heterocycles. The zero-order chi connectivity index (χ0) is 56.0. The van der Waals surface area contributed by atoms with Gasteiger partial charge in [0.25, 0.3) is 0 Å². The highest BCUT2D eigenvalue weighted by atomic mass is 16.5. The highest BCUT2D eigenvalue weighted by Gasteiger charge is 2.46. The third-order valence-electron chi connectivity index (χ3n) is 14.3. The number of hydrogen-bond donors (Lipinski definition) is 10. The molecule has 0 spiro atoms. The lowest BCUT2D eigenvalue weighted by Gasteiger charge is -2.43. The number of allylic oxidation sites excluding steroid dienone is 1. The summed E-state index contributed by atoms with van der Waals surface area (Å²) in [6, 6.07) is 4.07. The van der Waals surface area contributed by atoms with Crippen LogP contribution in [0.5, 0.6) is 5.75 Å². The number of fused-ring (bicyclic) bond motifs is 2. The largest absolute Gasteiger partial charge is 0.508 e. The second kappa shape index (κ2) is 27.8. The minimum absolute atomic E-state index is 0.0468. The number of benzene rings is 2. The SMILES string of the molecule is CC[C@H](C)[C@@H]1NC(=O)[C@H](Cc2ccccc2)N(C)C(=O)[C@H](CC(C)C)N2C(=O)[C@H](CC[C@H]2O)NC(=O)C(CC2C=CC(O)CC2)NC(=O)[C@@H](NC(=O)[C@H](CCC(N)=O)NC(=O)[C@H](O)Cc2ccc(O)cc2)[C@@H](C)OC1=O. The van der Waals surface area contributed by atoms with Gasteiger partial charge >= 0.3 is 5.97 Å². The predicted octanol–water partition coefficient (Wildman–Crippen LogP) is 0.119. The van der Waals surface area contributed by atoms with Gasteiger partial charge in [0.1, 0.15) is 66.5 Å². The molecule has 2 aliphatic heterocycles. The number of nitrogens with two attached hydrogens (primary N) is 1. The van der Waals surface area contributed by atoms with Crippen LogP contribution in [-0.4, -0.2) is 157 Å². The summed E-state index contributed by atoms with van der Waals surface area (Å²) in [4.78, 5) is 131. The van der Waals surface area contributed by atoms with Crippen molar-refractivity contribution in [1.82, 2.24) is 36.4 Å². The maximum absolute atomic E-state index is 14.9. The number of hydrogen-bond acceptors (Lipinski definition) is 14. The van der Waals surface area contributed by atoms with E-state index in [1.165, 1.54) is 43.1 Å². The summed E-state index contributed by atoms with van der Waals surface area (Å²) in [5.41, 5.74) is 6.54. The van der Waals surface area contributed by atoms with Crippen LogP contribution >= 0.6 is 0 Å². The number of rotatable bonds is 17. The Bertz CT molecular complexity index is 2400. The van der Waals surface area contributed by atoms with Crippen LogP contribution in [-0.2, 0) is 60.7 Å². The van der Waals surface area contributed by atoms with E-state index in [1.807, 2.05) is 13.8 Å². The lowest BCUT2D eigenvalue weighted by molar-refractivity contribution is -0.166. The molecule has 2 aromatic rings. The molecule has 13 atom stereocenters. The number of carbonyl (C=O) groups excluding carboxylic acids is 9. The number of ether oxygens (including phenoxy) is 1. The van der Waals surface area contributed by atoms with E-state index in [9.17, 15) is 63.6 Å². The van der Waals surface area contributed by atoms with Crippen LogP contribution < -0.4 is 32.3 Å². The molecule has 0 saturated carbocycles. The second-order valence-corrected chi connectivity index (χ2v) is 20.7. The molecule has 11 N–H and O–H groups in total. The molecule has 8 amide bonds. The Labute approximate surface area is 442 Å². The van der Waals surface area contributed by atoms with Crippen molar-refractivity contribution in [3.05, 3.63) is 77.9 Å². The molecule has 416 valence electrons. The average Bonchev–Trinajstić information content (AvgIpc) is 3.38. The van der Waals surface area contributed by atoms with Gasteiger partial charge in [-0.15, -0.1) is 0 Å². The molecule has 3 unspecified atom stereocenters. The standard InChI is InChI=1S/C54H76N8O14/c1-7-30(4)45-54(75)76-31(5)46(60-47(68)37(21-23-43(55)66)56-50(71)42(65)28-34-15-19-36(64)20-16-34)51(72)58-39(26-33-13-17-35(63)18-14-33)48(69)57-38-22-24-44(67)62(52(38)73)41(25-29(2)3)53(74)61(6)40(49(70)59-45)27-32-11-9-8-10-12-32/h8-13,15-17,19-20,29-31,33,35,37-42,44-46,63-65,67H,7,14,18,21-28H2,1-6H3,(H2,55,66)(H,56,71)(H,57,69)(H,58,72)(H,59,70)(H,60,68)/t30-,31+,33?,35?,37-,38-,39?,40-,41-,42+,44+,45-,46-/m0/s1. The summed E-state index contributed by atoms with van der Waals surface area (Å²) in [5.74, 6) is -9.56. The normalized spacial score (nSPS) is 27.3. The van der Waals surface area contributed by atoms with Crippen molar-refractivity contribution in [1.29, 1.82) is 0 Å². The topological polar surface area (TPSA) is 336 Å². The number of cyclic esters (lactones) is 1. The smallest absolute Gasteiger partial charge is 0.329 e. The maximum Gasteiger partial charge on any atom is 0.329 e. The Balaban J connectivity index is 1.60. The van der Waals surface area contributed by atoms with E-state index >= 15 is 0 Å². The molecule has 0 aromatic heterocycles. The predicted molar refractivity (Wildman–Crippen MR) is 275 cm³/mol. The number of piperidine rings is 1. The number of nitrogens with one attached hydrogen (secondary N) is 5. The van der Waals surface area contributed by atoms with E-state index in [0.717, 1.165) is 4.90 Å². The van der Waals surface area contributed by atoms with E-state index in [4.69, 9.17) is 10.5 Å². The van der Waals surface area contributed by atoms with E-state index in [2.05, 4.69) is 26.6 Å². The summed E-state index contributed by atoms with van der Waals surface area (Å²) in [7, 11) is 1.40. The zero-order valence-corrected chi connectivity index (χ0v) is 44.1. The van der Waals surface area contributed by atoms with Gasteiger partial charge in [-0.1, -0.05) is 88.7 Å². The first-order valence-corrected chi connectivity index (χ1v) is 26.1. The Kier molecular flexibility index (Phi) is 21.9. The molecule has 76 heavy (non-hydrogen) atoms. The fraction of sp³-hybridized carbons (Fsp3) is 0.574. The summed E-state index contributed by atoms with van der Waals surface area (Å²) in [6.07, 6.45) is -2.68. The number of phenols is 1. The summed E-state index contributed by atoms with van der Waals surface area (Å²) >= 11 is 0. The molecule has 22 heteroatoms. The van der Waals surface area contributed by atoms with Crippen LogP contribution in [0.1, 0.15) is 104 Å². The number of carbonyl (C=O) groups is 9. The van der Waals surface area contributed by atoms with Crippen LogP contribution in [0, 0.1) is 17.8 Å². The minimum atomic E-state index is -1.88. The molecular formula is C54H76N8O14. The summed E-state index contributed by atoms with van der Waals surface area (Å²) < 4.78 is 5.98. The Hall–Kier alpha value is -6.91. The lowest BCUT2D eigenvalue weighted by atomic mass is 9.88. The van der Waals surface area contributed by atoms with E-state index < -0.39 is 145 Å². The van der Waals surface area contributed by atoms with Crippen molar-refractivity contribution >= 4 is 53.2 Å². The molecule has 22 nitrogen and oxygen atoms in total. The second-order valence-electron chi connectivity index (χ2n) is 20.7. The zero-order valence-electron chi connectivity index (χ0n) is 44.1. The van der Waals surface area contributed by atoms with Crippen molar-refractivity contribution in [2.75, 3.05) is 7.05 Å². The monoisotopic (exact) mass is 1060 g/mol. The number of primary amides is 1. The number of likely N-dealkylation sites (N-methyl/N-ethyl adjacent to an activating group) is 1. The third-order valence-corrected chi connectivity index (χ3v) is 14.3. The number of aromatic hydroxyl groups is 1. The van der Waals surface area contributed by atoms with Crippen LogP contribution in [0.2, 0.25) is 0 Å². The van der Waals surface area contributed by atoms with Crippen molar-refractivity contribution in [2.45, 2.75) is 172 Å². The van der Waals surface area contributed by atoms with Gasteiger partial charge in [-0.05, 0) is 92.9 Å². The summed E-state index contributed by atoms with van der Waals surface area (Å²) in [6.45, 7) is 8.35. The van der Waals surface area contributed by atoms with Gasteiger partial charge in [0.2, 0.25) is 47.3 Å². The van der Waals surface area contributed by atoms with E-state index in [-0.39, 0.29) is 50.2 Å². The van der Waals surface area contributed by atoms with Gasteiger partial charge < -0.3 is 67.3 Å². The first-order valence-electron chi connectivity index (χ1n) is 26.1. The van der Waals surface area contributed by atoms with E-state index in [0.29, 0.717) is 30.4 Å². The minimum Gasteiger partial charge on any atom is -0.508 e. The molecule has 2 aromatic carbocycles. The molecule has 3 aliphatic rings. The van der Waals surface area contributed by atoms with E-state index in [1.54, 1.807) is 56.3 Å². The lowest BCUT2D eigenvalue weighted by Crippen LogP contribution is -2.65. The van der Waals surface area contributed by atoms with Gasteiger partial charge in [0.15, 0.2) is 0 Å². The number of aliphatic hydroxyl groups is 3. The number of aliphatic hydroxyl groups excluding tert-OH is 3. The molecule has 2 saturated heterocycles. The van der Waals surface area contributed by atoms with Gasteiger partial charge in [0.05, 0.1) is 6.10 Å². The van der Waals surface area contributed by atoms with Crippen molar-refractivity contribution in [3.63, 3.8) is 0 Å². The van der Waals surface area contributed by atoms with Crippen molar-refractivity contribution in [2.24, 2.45) is 23.5 Å². The Morgan fingerprint density at radius 1 is 0.816 bits per heavy atom. The molecule has 5 rings (SSSR count). The van der Waals surface area contributed by atoms with Crippen LogP contribution in [0.4, 0.5) is 0 Å². The average molecular weight is 1060 g/mol. The maximum atomic E-state index is 14.9. The number of amides is 8. The highest BCUT2D eigenvalue weighted by molar-refractivity contribution is 5.98. The van der Waals surface area contributed by atoms with Crippen LogP contribution in [0.3, 0.4) is 0 Å². The first-order chi connectivity index (χ1) is 36.0. The molecule has 2 fully saturated rings. The Morgan fingerprint density at radius 3 is 2.12 bits per heavy atom. The van der Waals surface area contributed by atoms with Gasteiger partial charge in [-0.2, -0.15) is 0 Å². The third kappa shape index (κ3) is 16.5. The van der Waals surface area contributed by atoms with Gasteiger partial charge in [0, 0.05) is 26.3 Å². The van der Waals surface area contributed by atoms with Gasteiger partial charge in [-0.25, -0.2) is 4.79 Å². The molecule has 0 radical (unpaired) electrons. The Morgan fingerprint density at radius 2 is 1.50 bits per heavy atom. The first kappa shape index (κ1) is 60.0.